The van der Waals surface area contributed by atoms with Crippen molar-refractivity contribution in [2.24, 2.45) is 0 Å². The molecule has 0 radical (unpaired) electrons. The SMILES string of the molecule is CC[C@@H](CO)NC(=O)c1ccc(-c2nn[nH]n2)cc1. The molecule has 0 saturated heterocycles. The minimum Gasteiger partial charge on any atom is -0.394 e. The van der Waals surface area contributed by atoms with Crippen molar-refractivity contribution < 1.29 is 9.90 Å². The molecule has 0 aliphatic rings. The van der Waals surface area contributed by atoms with Crippen LogP contribution >= 0.6 is 0 Å². The van der Waals surface area contributed by atoms with Crippen LogP contribution in [0.15, 0.2) is 24.3 Å². The van der Waals surface area contributed by atoms with Crippen LogP contribution in [0.4, 0.5) is 0 Å². The summed E-state index contributed by atoms with van der Waals surface area (Å²) in [5.74, 6) is 0.273. The van der Waals surface area contributed by atoms with Crippen LogP contribution in [0.3, 0.4) is 0 Å². The van der Waals surface area contributed by atoms with Gasteiger partial charge in [-0.15, -0.1) is 10.2 Å². The number of amides is 1. The fourth-order valence-electron chi connectivity index (χ4n) is 1.60. The quantitative estimate of drug-likeness (QED) is 0.721. The second-order valence-corrected chi connectivity index (χ2v) is 4.07. The molecule has 1 heterocycles. The number of nitrogens with one attached hydrogen (secondary N) is 2. The number of nitrogens with zero attached hydrogens (tertiary/aromatic N) is 3. The maximum atomic E-state index is 11.9. The third kappa shape index (κ3) is 3.14. The minimum absolute atomic E-state index is 0.0663. The van der Waals surface area contributed by atoms with Crippen LogP contribution in [-0.2, 0) is 0 Å². The number of hydrogen-bond donors (Lipinski definition) is 3. The number of carbonyl (C=O) groups is 1. The van der Waals surface area contributed by atoms with Gasteiger partial charge >= 0.3 is 0 Å². The van der Waals surface area contributed by atoms with Gasteiger partial charge in [-0.05, 0) is 23.8 Å². The molecule has 19 heavy (non-hydrogen) atoms. The number of aliphatic hydroxyl groups is 1. The minimum atomic E-state index is -0.218. The molecular formula is C12H15N5O2. The smallest absolute Gasteiger partial charge is 0.251 e. The van der Waals surface area contributed by atoms with Crippen LogP contribution in [-0.4, -0.2) is 44.3 Å². The number of aliphatic hydroxyl groups excluding tert-OH is 1. The summed E-state index contributed by atoms with van der Waals surface area (Å²) >= 11 is 0. The van der Waals surface area contributed by atoms with Gasteiger partial charge in [0, 0.05) is 11.1 Å². The number of benzene rings is 1. The van der Waals surface area contributed by atoms with E-state index in [-0.39, 0.29) is 18.6 Å². The zero-order valence-corrected chi connectivity index (χ0v) is 10.5. The number of H-pyrrole nitrogens is 1. The molecule has 0 fully saturated rings. The zero-order chi connectivity index (χ0) is 13.7. The van der Waals surface area contributed by atoms with Crippen LogP contribution in [0, 0.1) is 0 Å². The van der Waals surface area contributed by atoms with Crippen LogP contribution in [0.2, 0.25) is 0 Å². The lowest BCUT2D eigenvalue weighted by molar-refractivity contribution is 0.0915. The van der Waals surface area contributed by atoms with Crippen molar-refractivity contribution in [3.63, 3.8) is 0 Å². The topological polar surface area (TPSA) is 104 Å². The first-order valence-electron chi connectivity index (χ1n) is 6.00. The maximum absolute atomic E-state index is 11.9. The molecule has 0 unspecified atom stereocenters. The first-order chi connectivity index (χ1) is 9.24. The Morgan fingerprint density at radius 3 is 2.68 bits per heavy atom. The largest absolute Gasteiger partial charge is 0.394 e. The van der Waals surface area contributed by atoms with Crippen molar-refractivity contribution in [2.75, 3.05) is 6.61 Å². The molecule has 1 aromatic heterocycles. The van der Waals surface area contributed by atoms with E-state index in [1.165, 1.54) is 0 Å². The first-order valence-corrected chi connectivity index (χ1v) is 6.00. The molecule has 1 aromatic carbocycles. The highest BCUT2D eigenvalue weighted by Gasteiger charge is 2.11. The van der Waals surface area contributed by atoms with Crippen LogP contribution in [0.5, 0.6) is 0 Å². The molecule has 0 spiro atoms. The number of aromatic amines is 1. The van der Waals surface area contributed by atoms with E-state index in [4.69, 9.17) is 5.11 Å². The zero-order valence-electron chi connectivity index (χ0n) is 10.5. The summed E-state index contributed by atoms with van der Waals surface area (Å²) in [7, 11) is 0. The second-order valence-electron chi connectivity index (χ2n) is 4.07. The summed E-state index contributed by atoms with van der Waals surface area (Å²) < 4.78 is 0. The summed E-state index contributed by atoms with van der Waals surface area (Å²) in [5, 5.41) is 25.4. The lowest BCUT2D eigenvalue weighted by Crippen LogP contribution is -2.36. The average molecular weight is 261 g/mol. The Bertz CT molecular complexity index is 520. The highest BCUT2D eigenvalue weighted by molar-refractivity contribution is 5.94. The summed E-state index contributed by atoms with van der Waals surface area (Å²) in [6.07, 6.45) is 0.684. The van der Waals surface area contributed by atoms with Gasteiger partial charge in [-0.25, -0.2) is 0 Å². The molecule has 0 aliphatic heterocycles. The molecule has 1 amide bonds. The predicted molar refractivity (Wildman–Crippen MR) is 68.2 cm³/mol. The number of carbonyl (C=O) groups excluding carboxylic acids is 1. The highest BCUT2D eigenvalue weighted by Crippen LogP contribution is 2.14. The Morgan fingerprint density at radius 1 is 1.42 bits per heavy atom. The van der Waals surface area contributed by atoms with Crippen molar-refractivity contribution in [2.45, 2.75) is 19.4 Å². The number of hydrogen-bond acceptors (Lipinski definition) is 5. The maximum Gasteiger partial charge on any atom is 0.251 e. The highest BCUT2D eigenvalue weighted by atomic mass is 16.3. The Morgan fingerprint density at radius 2 is 2.16 bits per heavy atom. The predicted octanol–water partition coefficient (Wildman–Crippen LogP) is 0.367. The van der Waals surface area contributed by atoms with E-state index < -0.39 is 0 Å². The number of tetrazole rings is 1. The van der Waals surface area contributed by atoms with Crippen LogP contribution in [0.1, 0.15) is 23.7 Å². The molecule has 100 valence electrons. The third-order valence-electron chi connectivity index (χ3n) is 2.80. The lowest BCUT2D eigenvalue weighted by Gasteiger charge is -2.13. The first kappa shape index (κ1) is 13.2. The molecular weight excluding hydrogens is 246 g/mol. The summed E-state index contributed by atoms with van der Waals surface area (Å²) in [6.45, 7) is 1.84. The Balaban J connectivity index is 2.08. The van der Waals surface area contributed by atoms with E-state index >= 15 is 0 Å². The van der Waals surface area contributed by atoms with Crippen molar-refractivity contribution in [1.29, 1.82) is 0 Å². The van der Waals surface area contributed by atoms with Crippen molar-refractivity contribution in [3.8, 4) is 11.4 Å². The molecule has 0 bridgehead atoms. The molecule has 7 nitrogen and oxygen atoms in total. The van der Waals surface area contributed by atoms with Gasteiger partial charge in [0.05, 0.1) is 12.6 Å². The van der Waals surface area contributed by atoms with Crippen molar-refractivity contribution in [1.82, 2.24) is 25.9 Å². The number of rotatable bonds is 5. The van der Waals surface area contributed by atoms with E-state index in [2.05, 4.69) is 25.9 Å². The summed E-state index contributed by atoms with van der Waals surface area (Å²) in [5.41, 5.74) is 1.30. The third-order valence-corrected chi connectivity index (χ3v) is 2.80. The summed E-state index contributed by atoms with van der Waals surface area (Å²) in [4.78, 5) is 11.9. The van der Waals surface area contributed by atoms with Crippen LogP contribution in [0.25, 0.3) is 11.4 Å². The Hall–Kier alpha value is -2.28. The molecule has 2 rings (SSSR count). The van der Waals surface area contributed by atoms with E-state index in [1.807, 2.05) is 6.92 Å². The van der Waals surface area contributed by atoms with E-state index in [1.54, 1.807) is 24.3 Å². The van der Waals surface area contributed by atoms with Gasteiger partial charge in [0.1, 0.15) is 0 Å². The van der Waals surface area contributed by atoms with Gasteiger partial charge in [-0.3, -0.25) is 4.79 Å². The Kier molecular flexibility index (Phi) is 4.19. The molecule has 0 saturated carbocycles. The van der Waals surface area contributed by atoms with E-state index in [9.17, 15) is 4.79 Å². The van der Waals surface area contributed by atoms with Crippen LogP contribution < -0.4 is 5.32 Å². The van der Waals surface area contributed by atoms with Gasteiger partial charge in [0.2, 0.25) is 5.82 Å². The van der Waals surface area contributed by atoms with E-state index in [0.29, 0.717) is 17.8 Å². The fraction of sp³-hybridized carbons (Fsp3) is 0.333. The van der Waals surface area contributed by atoms with Crippen molar-refractivity contribution in [3.05, 3.63) is 29.8 Å². The molecule has 3 N–H and O–H groups in total. The fourth-order valence-corrected chi connectivity index (χ4v) is 1.60. The average Bonchev–Trinajstić information content (AvgIpc) is 2.99. The van der Waals surface area contributed by atoms with Crippen molar-refractivity contribution >= 4 is 5.91 Å². The summed E-state index contributed by atoms with van der Waals surface area (Å²) in [6, 6.07) is 6.65. The normalized spacial score (nSPS) is 12.1. The van der Waals surface area contributed by atoms with Gasteiger partial charge in [0.15, 0.2) is 0 Å². The lowest BCUT2D eigenvalue weighted by atomic mass is 10.1. The number of aromatic nitrogens is 4. The van der Waals surface area contributed by atoms with Gasteiger partial charge in [-0.1, -0.05) is 19.1 Å². The second kappa shape index (κ2) is 6.05. The van der Waals surface area contributed by atoms with Gasteiger partial charge < -0.3 is 10.4 Å². The van der Waals surface area contributed by atoms with Gasteiger partial charge in [0.25, 0.3) is 5.91 Å². The van der Waals surface area contributed by atoms with Gasteiger partial charge in [-0.2, -0.15) is 5.21 Å². The molecule has 2 aromatic rings. The molecule has 7 heteroatoms. The molecule has 1 atom stereocenters. The molecule has 0 aliphatic carbocycles. The van der Waals surface area contributed by atoms with E-state index in [0.717, 1.165) is 5.56 Å². The standard InChI is InChI=1S/C12H15N5O2/c1-2-10(7-18)13-12(19)9-5-3-8(4-6-9)11-14-16-17-15-11/h3-6,10,18H,2,7H2,1H3,(H,13,19)(H,14,15,16,17)/t10-/m0/s1. The monoisotopic (exact) mass is 261 g/mol. The Labute approximate surface area is 110 Å².